The highest BCUT2D eigenvalue weighted by atomic mass is 32.2. The quantitative estimate of drug-likeness (QED) is 0.603. The second kappa shape index (κ2) is 7.19. The first-order chi connectivity index (χ1) is 8.92. The Morgan fingerprint density at radius 1 is 1.37 bits per heavy atom. The lowest BCUT2D eigenvalue weighted by Gasteiger charge is -2.08. The first-order valence-electron chi connectivity index (χ1n) is 5.93. The molecule has 7 nitrogen and oxygen atoms in total. The molecule has 1 rings (SSSR count). The van der Waals surface area contributed by atoms with E-state index in [0.717, 1.165) is 12.6 Å². The number of halogens is 1. The molecule has 19 heavy (non-hydrogen) atoms. The van der Waals surface area contributed by atoms with E-state index in [1.54, 1.807) is 0 Å². The van der Waals surface area contributed by atoms with Gasteiger partial charge in [-0.05, 0) is 12.8 Å². The van der Waals surface area contributed by atoms with Gasteiger partial charge in [0.05, 0.1) is 11.9 Å². The third kappa shape index (κ3) is 6.30. The van der Waals surface area contributed by atoms with E-state index in [0.29, 0.717) is 12.5 Å². The van der Waals surface area contributed by atoms with Crippen LogP contribution in [0.25, 0.3) is 0 Å². The molecule has 0 aliphatic carbocycles. The Bertz CT molecular complexity index is 509. The Kier molecular flexibility index (Phi) is 5.90. The number of sulfonamides is 1. The Labute approximate surface area is 111 Å². The van der Waals surface area contributed by atoms with Crippen molar-refractivity contribution in [3.63, 3.8) is 0 Å². The predicted molar refractivity (Wildman–Crippen MR) is 71.9 cm³/mol. The third-order valence-electron chi connectivity index (χ3n) is 2.18. The summed E-state index contributed by atoms with van der Waals surface area (Å²) in [6.45, 7) is 2.94. The summed E-state index contributed by atoms with van der Waals surface area (Å²) >= 11 is 0. The lowest BCUT2D eigenvalue weighted by molar-refractivity contribution is 0.595. The average molecular weight is 291 g/mol. The van der Waals surface area contributed by atoms with Gasteiger partial charge in [0, 0.05) is 13.1 Å². The minimum Gasteiger partial charge on any atom is -0.367 e. The summed E-state index contributed by atoms with van der Waals surface area (Å²) in [5.41, 5.74) is 0. The number of aromatic nitrogens is 2. The average Bonchev–Trinajstić information content (AvgIpc) is 2.33. The van der Waals surface area contributed by atoms with E-state index in [2.05, 4.69) is 20.6 Å². The first-order valence-corrected chi connectivity index (χ1v) is 7.64. The van der Waals surface area contributed by atoms with Gasteiger partial charge in [-0.2, -0.15) is 4.98 Å². The van der Waals surface area contributed by atoms with Crippen LogP contribution in [0.4, 0.5) is 16.2 Å². The molecule has 4 N–H and O–H groups in total. The van der Waals surface area contributed by atoms with Gasteiger partial charge in [0.25, 0.3) is 0 Å². The highest BCUT2D eigenvalue weighted by Gasteiger charge is 2.07. The summed E-state index contributed by atoms with van der Waals surface area (Å²) in [5, 5.41) is 10.5. The van der Waals surface area contributed by atoms with Crippen LogP contribution in [-0.2, 0) is 10.0 Å². The Morgan fingerprint density at radius 3 is 2.74 bits per heavy atom. The van der Waals surface area contributed by atoms with E-state index in [1.807, 2.05) is 6.92 Å². The van der Waals surface area contributed by atoms with E-state index in [-0.39, 0.29) is 24.5 Å². The number of nitrogens with two attached hydrogens (primary N) is 1. The molecule has 0 amide bonds. The molecule has 0 aliphatic rings. The largest absolute Gasteiger partial charge is 0.367 e. The predicted octanol–water partition coefficient (Wildman–Crippen LogP) is 0.528. The second-order valence-corrected chi connectivity index (χ2v) is 5.70. The lowest BCUT2D eigenvalue weighted by Crippen LogP contribution is -2.19. The molecular formula is C10H18FN5O2S. The van der Waals surface area contributed by atoms with E-state index in [4.69, 9.17) is 5.14 Å². The van der Waals surface area contributed by atoms with Gasteiger partial charge in [-0.25, -0.2) is 22.9 Å². The van der Waals surface area contributed by atoms with Crippen molar-refractivity contribution < 1.29 is 12.8 Å². The molecule has 9 heteroatoms. The Balaban J connectivity index is 2.52. The molecule has 108 valence electrons. The molecule has 1 aromatic rings. The van der Waals surface area contributed by atoms with Crippen molar-refractivity contribution in [3.05, 3.63) is 12.0 Å². The zero-order chi connectivity index (χ0) is 14.3. The van der Waals surface area contributed by atoms with Gasteiger partial charge < -0.3 is 10.6 Å². The van der Waals surface area contributed by atoms with Crippen LogP contribution in [0.1, 0.15) is 19.8 Å². The molecule has 1 aromatic heterocycles. The van der Waals surface area contributed by atoms with Gasteiger partial charge in [0.1, 0.15) is 0 Å². The van der Waals surface area contributed by atoms with Crippen LogP contribution in [-0.4, -0.2) is 37.2 Å². The SMILES string of the molecule is CCCNc1ncc(F)c(NCCCS(N)(=O)=O)n1. The summed E-state index contributed by atoms with van der Waals surface area (Å²) in [6, 6.07) is 0. The van der Waals surface area contributed by atoms with E-state index < -0.39 is 15.8 Å². The summed E-state index contributed by atoms with van der Waals surface area (Å²) in [4.78, 5) is 7.75. The van der Waals surface area contributed by atoms with E-state index in [1.165, 1.54) is 0 Å². The summed E-state index contributed by atoms with van der Waals surface area (Å²) in [7, 11) is -3.49. The number of nitrogens with one attached hydrogen (secondary N) is 2. The molecule has 1 heterocycles. The molecule has 0 fully saturated rings. The fourth-order valence-electron chi connectivity index (χ4n) is 1.29. The molecule has 0 saturated carbocycles. The third-order valence-corrected chi connectivity index (χ3v) is 3.03. The highest BCUT2D eigenvalue weighted by molar-refractivity contribution is 7.89. The van der Waals surface area contributed by atoms with Gasteiger partial charge in [0.15, 0.2) is 11.6 Å². The zero-order valence-corrected chi connectivity index (χ0v) is 11.5. The Hall–Kier alpha value is -1.48. The van der Waals surface area contributed by atoms with Crippen LogP contribution in [0.5, 0.6) is 0 Å². The summed E-state index contributed by atoms with van der Waals surface area (Å²) in [6.07, 6.45) is 2.24. The fraction of sp³-hybridized carbons (Fsp3) is 0.600. The molecule has 0 aromatic carbocycles. The van der Waals surface area contributed by atoms with Crippen LogP contribution in [0.2, 0.25) is 0 Å². The van der Waals surface area contributed by atoms with Crippen LogP contribution in [0.15, 0.2) is 6.20 Å². The van der Waals surface area contributed by atoms with Crippen molar-refractivity contribution in [3.8, 4) is 0 Å². The zero-order valence-electron chi connectivity index (χ0n) is 10.7. The van der Waals surface area contributed by atoms with Crippen LogP contribution in [0.3, 0.4) is 0 Å². The summed E-state index contributed by atoms with van der Waals surface area (Å²) < 4.78 is 34.8. The number of hydrogen-bond acceptors (Lipinski definition) is 6. The molecule has 0 saturated heterocycles. The van der Waals surface area contributed by atoms with Crippen LogP contribution in [0, 0.1) is 5.82 Å². The molecule has 0 spiro atoms. The normalized spacial score (nSPS) is 11.3. The van der Waals surface area contributed by atoms with Crippen molar-refractivity contribution in [2.24, 2.45) is 5.14 Å². The molecule has 0 atom stereocenters. The maximum Gasteiger partial charge on any atom is 0.224 e. The Morgan fingerprint density at radius 2 is 2.11 bits per heavy atom. The van der Waals surface area contributed by atoms with Gasteiger partial charge in [-0.1, -0.05) is 6.92 Å². The van der Waals surface area contributed by atoms with E-state index >= 15 is 0 Å². The van der Waals surface area contributed by atoms with Gasteiger partial charge >= 0.3 is 0 Å². The minimum absolute atomic E-state index is 0.0445. The molecule has 0 aliphatic heterocycles. The van der Waals surface area contributed by atoms with Crippen LogP contribution >= 0.6 is 0 Å². The summed E-state index contributed by atoms with van der Waals surface area (Å²) in [5.74, 6) is -0.369. The van der Waals surface area contributed by atoms with Gasteiger partial charge in [-0.3, -0.25) is 0 Å². The van der Waals surface area contributed by atoms with Gasteiger partial charge in [0.2, 0.25) is 16.0 Å². The maximum absolute atomic E-state index is 13.4. The minimum atomic E-state index is -3.49. The van der Waals surface area contributed by atoms with E-state index in [9.17, 15) is 12.8 Å². The molecular weight excluding hydrogens is 273 g/mol. The van der Waals surface area contributed by atoms with Crippen molar-refractivity contribution >= 4 is 21.8 Å². The number of anilines is 2. The second-order valence-electron chi connectivity index (χ2n) is 3.96. The number of hydrogen-bond donors (Lipinski definition) is 3. The smallest absolute Gasteiger partial charge is 0.224 e. The number of nitrogens with zero attached hydrogens (tertiary/aromatic N) is 2. The number of primary sulfonamides is 1. The highest BCUT2D eigenvalue weighted by Crippen LogP contribution is 2.11. The molecule has 0 unspecified atom stereocenters. The van der Waals surface area contributed by atoms with Crippen molar-refractivity contribution in [2.45, 2.75) is 19.8 Å². The van der Waals surface area contributed by atoms with Crippen molar-refractivity contribution in [2.75, 3.05) is 29.5 Å². The van der Waals surface area contributed by atoms with Gasteiger partial charge in [-0.15, -0.1) is 0 Å². The maximum atomic E-state index is 13.4. The molecule has 0 bridgehead atoms. The standard InChI is InChI=1S/C10H18FN5O2S/c1-2-4-14-10-15-7-8(11)9(16-10)13-5-3-6-19(12,17)18/h7H,2-6H2,1H3,(H2,12,17,18)(H2,13,14,15,16). The number of rotatable bonds is 8. The fourth-order valence-corrected chi connectivity index (χ4v) is 1.84. The monoisotopic (exact) mass is 291 g/mol. The first kappa shape index (κ1) is 15.6. The molecule has 0 radical (unpaired) electrons. The lowest BCUT2D eigenvalue weighted by atomic mass is 10.4. The van der Waals surface area contributed by atoms with Crippen LogP contribution < -0.4 is 15.8 Å². The van der Waals surface area contributed by atoms with Crippen molar-refractivity contribution in [1.29, 1.82) is 0 Å². The van der Waals surface area contributed by atoms with Crippen molar-refractivity contribution in [1.82, 2.24) is 9.97 Å². The topological polar surface area (TPSA) is 110 Å².